The Morgan fingerprint density at radius 1 is 1.64 bits per heavy atom. The average Bonchev–Trinajstić information content (AvgIpc) is 2.48. The van der Waals surface area contributed by atoms with Crippen LogP contribution in [0.4, 0.5) is 5.69 Å². The van der Waals surface area contributed by atoms with E-state index >= 15 is 0 Å². The molecule has 1 aliphatic heterocycles. The predicted molar refractivity (Wildman–Crippen MR) is 44.4 cm³/mol. The van der Waals surface area contributed by atoms with Crippen molar-refractivity contribution in [3.05, 3.63) is 12.0 Å². The summed E-state index contributed by atoms with van der Waals surface area (Å²) in [7, 11) is 0. The number of nitrogens with one attached hydrogen (secondary N) is 1. The van der Waals surface area contributed by atoms with Crippen molar-refractivity contribution in [1.29, 1.82) is 0 Å². The van der Waals surface area contributed by atoms with Gasteiger partial charge in [0, 0.05) is 0 Å². The van der Waals surface area contributed by atoms with Crippen LogP contribution in [0.2, 0.25) is 0 Å². The van der Waals surface area contributed by atoms with Crippen LogP contribution in [0.15, 0.2) is 10.7 Å². The summed E-state index contributed by atoms with van der Waals surface area (Å²) >= 11 is 0. The largest absolute Gasteiger partial charge is 0.475 e. The topological polar surface area (TPSA) is 88.8 Å². The minimum absolute atomic E-state index is 0.0839. The standard InChI is InChI=1S/C8H7NO5/c1-3-7(10)9-5-4(14-3)2-13-6(5)8(11)12/h2-3H,1H3,(H,9,10)(H,11,12). The molecule has 2 N–H and O–H groups in total. The molecule has 1 atom stereocenters. The van der Waals surface area contributed by atoms with Gasteiger partial charge in [-0.2, -0.15) is 0 Å². The lowest BCUT2D eigenvalue weighted by Crippen LogP contribution is -2.34. The van der Waals surface area contributed by atoms with E-state index in [2.05, 4.69) is 5.32 Å². The van der Waals surface area contributed by atoms with Crippen LogP contribution in [-0.2, 0) is 4.79 Å². The van der Waals surface area contributed by atoms with E-state index in [-0.39, 0.29) is 23.1 Å². The van der Waals surface area contributed by atoms with Crippen molar-refractivity contribution in [2.24, 2.45) is 0 Å². The van der Waals surface area contributed by atoms with Gasteiger partial charge in [-0.3, -0.25) is 4.79 Å². The van der Waals surface area contributed by atoms with Gasteiger partial charge in [0.2, 0.25) is 5.76 Å². The van der Waals surface area contributed by atoms with E-state index < -0.39 is 12.1 Å². The fraction of sp³-hybridized carbons (Fsp3) is 0.250. The van der Waals surface area contributed by atoms with Crippen molar-refractivity contribution in [3.8, 4) is 5.75 Å². The maximum atomic E-state index is 11.2. The monoisotopic (exact) mass is 197 g/mol. The Bertz CT molecular complexity index is 408. The minimum atomic E-state index is -1.25. The minimum Gasteiger partial charge on any atom is -0.475 e. The number of rotatable bonds is 1. The van der Waals surface area contributed by atoms with Crippen LogP contribution >= 0.6 is 0 Å². The van der Waals surface area contributed by atoms with Gasteiger partial charge in [0.25, 0.3) is 5.91 Å². The normalized spacial score (nSPS) is 19.5. The van der Waals surface area contributed by atoms with Crippen LogP contribution in [0, 0.1) is 0 Å². The highest BCUT2D eigenvalue weighted by atomic mass is 16.5. The molecule has 14 heavy (non-hydrogen) atoms. The van der Waals surface area contributed by atoms with Gasteiger partial charge < -0.3 is 19.6 Å². The van der Waals surface area contributed by atoms with Crippen LogP contribution in [0.25, 0.3) is 0 Å². The molecule has 1 unspecified atom stereocenters. The highest BCUT2D eigenvalue weighted by Crippen LogP contribution is 2.34. The zero-order valence-corrected chi connectivity index (χ0v) is 7.23. The summed E-state index contributed by atoms with van der Waals surface area (Å²) in [5, 5.41) is 11.1. The molecule has 2 heterocycles. The van der Waals surface area contributed by atoms with E-state index in [9.17, 15) is 9.59 Å². The van der Waals surface area contributed by atoms with Gasteiger partial charge in [-0.25, -0.2) is 4.79 Å². The Kier molecular flexibility index (Phi) is 1.70. The summed E-state index contributed by atoms with van der Waals surface area (Å²) in [4.78, 5) is 21.8. The first-order valence-electron chi connectivity index (χ1n) is 3.92. The van der Waals surface area contributed by atoms with Crippen molar-refractivity contribution in [1.82, 2.24) is 0 Å². The summed E-state index contributed by atoms with van der Waals surface area (Å²) in [6.07, 6.45) is 0.524. The Labute approximate surface area is 78.5 Å². The number of anilines is 1. The smallest absolute Gasteiger partial charge is 0.374 e. The number of ether oxygens (including phenoxy) is 1. The first-order valence-corrected chi connectivity index (χ1v) is 3.92. The molecule has 0 radical (unpaired) electrons. The summed E-state index contributed by atoms with van der Waals surface area (Å²) in [5.41, 5.74) is 0.0839. The lowest BCUT2D eigenvalue weighted by Gasteiger charge is -2.19. The van der Waals surface area contributed by atoms with Crippen LogP contribution in [0.3, 0.4) is 0 Å². The second-order valence-corrected chi connectivity index (χ2v) is 2.86. The van der Waals surface area contributed by atoms with Gasteiger partial charge in [-0.1, -0.05) is 0 Å². The van der Waals surface area contributed by atoms with Gasteiger partial charge in [0.05, 0.1) is 0 Å². The average molecular weight is 197 g/mol. The van der Waals surface area contributed by atoms with Crippen molar-refractivity contribution in [2.45, 2.75) is 13.0 Å². The second-order valence-electron chi connectivity index (χ2n) is 2.86. The van der Waals surface area contributed by atoms with Crippen molar-refractivity contribution >= 4 is 17.6 Å². The van der Waals surface area contributed by atoms with Crippen LogP contribution in [0.5, 0.6) is 5.75 Å². The number of fused-ring (bicyclic) bond motifs is 1. The number of amides is 1. The second kappa shape index (κ2) is 2.76. The van der Waals surface area contributed by atoms with Gasteiger partial charge in [-0.15, -0.1) is 0 Å². The Morgan fingerprint density at radius 3 is 3.00 bits per heavy atom. The van der Waals surface area contributed by atoms with Crippen molar-refractivity contribution < 1.29 is 23.8 Å². The highest BCUT2D eigenvalue weighted by Gasteiger charge is 2.30. The van der Waals surface area contributed by atoms with E-state index in [0.717, 1.165) is 6.26 Å². The van der Waals surface area contributed by atoms with Gasteiger partial charge in [0.15, 0.2) is 11.9 Å². The molecule has 1 amide bonds. The molecule has 74 valence electrons. The van der Waals surface area contributed by atoms with Crippen molar-refractivity contribution in [2.75, 3.05) is 5.32 Å². The zero-order chi connectivity index (χ0) is 10.3. The number of carbonyl (C=O) groups is 2. The molecular formula is C8H7NO5. The first-order chi connectivity index (χ1) is 6.59. The molecule has 0 aliphatic carbocycles. The lowest BCUT2D eigenvalue weighted by molar-refractivity contribution is -0.122. The molecule has 0 saturated heterocycles. The molecule has 6 heteroatoms. The Hall–Kier alpha value is -1.98. The SMILES string of the molecule is CC1Oc2coc(C(=O)O)c2NC1=O. The summed E-state index contributed by atoms with van der Waals surface area (Å²) < 4.78 is 9.84. The number of carboxylic acids is 1. The third-order valence-corrected chi connectivity index (χ3v) is 1.87. The Morgan fingerprint density at radius 2 is 2.36 bits per heavy atom. The first kappa shape index (κ1) is 8.61. The number of hydrogen-bond donors (Lipinski definition) is 2. The maximum Gasteiger partial charge on any atom is 0.374 e. The molecule has 0 bridgehead atoms. The molecule has 0 saturated carbocycles. The molecule has 0 fully saturated rings. The fourth-order valence-electron chi connectivity index (χ4n) is 1.17. The van der Waals surface area contributed by atoms with Crippen LogP contribution < -0.4 is 10.1 Å². The molecule has 1 aliphatic rings. The number of hydrogen-bond acceptors (Lipinski definition) is 4. The molecule has 0 aromatic carbocycles. The van der Waals surface area contributed by atoms with Gasteiger partial charge >= 0.3 is 5.97 Å². The summed E-state index contributed by atoms with van der Waals surface area (Å²) in [6.45, 7) is 1.56. The highest BCUT2D eigenvalue weighted by molar-refractivity contribution is 6.03. The predicted octanol–water partition coefficient (Wildman–Crippen LogP) is 0.697. The van der Waals surface area contributed by atoms with E-state index in [1.807, 2.05) is 0 Å². The van der Waals surface area contributed by atoms with E-state index in [4.69, 9.17) is 14.3 Å². The third kappa shape index (κ3) is 1.12. The Balaban J connectivity index is 2.45. The van der Waals surface area contributed by atoms with Gasteiger partial charge in [-0.05, 0) is 6.92 Å². The van der Waals surface area contributed by atoms with E-state index in [0.29, 0.717) is 0 Å². The number of aromatic carboxylic acids is 1. The molecule has 2 rings (SSSR count). The molecule has 1 aromatic rings. The fourth-order valence-corrected chi connectivity index (χ4v) is 1.17. The van der Waals surface area contributed by atoms with Crippen LogP contribution in [-0.4, -0.2) is 23.1 Å². The van der Waals surface area contributed by atoms with E-state index in [1.54, 1.807) is 6.92 Å². The van der Waals surface area contributed by atoms with Crippen LogP contribution in [0.1, 0.15) is 17.5 Å². The molecule has 6 nitrogen and oxygen atoms in total. The molecular weight excluding hydrogens is 190 g/mol. The number of carboxylic acid groups (broad SMARTS) is 1. The third-order valence-electron chi connectivity index (χ3n) is 1.87. The van der Waals surface area contributed by atoms with E-state index in [1.165, 1.54) is 0 Å². The van der Waals surface area contributed by atoms with Crippen molar-refractivity contribution in [3.63, 3.8) is 0 Å². The lowest BCUT2D eigenvalue weighted by atomic mass is 10.2. The number of carbonyl (C=O) groups excluding carboxylic acids is 1. The maximum absolute atomic E-state index is 11.2. The number of furan rings is 1. The molecule has 1 aromatic heterocycles. The van der Waals surface area contributed by atoms with Gasteiger partial charge in [0.1, 0.15) is 12.0 Å². The summed E-state index contributed by atoms with van der Waals surface area (Å²) in [6, 6.07) is 0. The quantitative estimate of drug-likeness (QED) is 0.691. The molecule has 0 spiro atoms. The summed E-state index contributed by atoms with van der Waals surface area (Å²) in [5.74, 6) is -1.71. The zero-order valence-electron chi connectivity index (χ0n) is 7.23.